The van der Waals surface area contributed by atoms with Crippen molar-refractivity contribution in [2.45, 2.75) is 72.0 Å². The second-order valence-corrected chi connectivity index (χ2v) is 11.0. The SMILES string of the molecule is CCOC(=O)Cn1c(CC)c(N2CCN[C@]3(C(C)(C)C)CC[C@H]23)c(=O)c2nn(-c3ccnc(OC)c3)nc21. The van der Waals surface area contributed by atoms with Crippen LogP contribution in [-0.2, 0) is 22.5 Å². The predicted molar refractivity (Wildman–Crippen MR) is 144 cm³/mol. The topological polar surface area (TPSA) is 116 Å². The number of fused-ring (bicyclic) bond motifs is 2. The van der Waals surface area contributed by atoms with E-state index in [0.29, 0.717) is 35.9 Å². The minimum atomic E-state index is -0.383. The lowest BCUT2D eigenvalue weighted by atomic mass is 9.56. The molecule has 3 aromatic heterocycles. The van der Waals surface area contributed by atoms with Crippen molar-refractivity contribution in [2.24, 2.45) is 5.41 Å². The van der Waals surface area contributed by atoms with Crippen LogP contribution in [0.25, 0.3) is 16.9 Å². The van der Waals surface area contributed by atoms with Gasteiger partial charge in [-0.15, -0.1) is 15.0 Å². The Morgan fingerprint density at radius 1 is 1.26 bits per heavy atom. The Balaban J connectivity index is 1.73. The number of hydrogen-bond donors (Lipinski definition) is 1. The van der Waals surface area contributed by atoms with E-state index in [0.717, 1.165) is 25.1 Å². The lowest BCUT2D eigenvalue weighted by molar-refractivity contribution is -0.143. The van der Waals surface area contributed by atoms with Gasteiger partial charge >= 0.3 is 5.97 Å². The first-order valence-electron chi connectivity index (χ1n) is 13.4. The number of methoxy groups -OCH3 is 1. The highest BCUT2D eigenvalue weighted by Gasteiger charge is 2.58. The maximum atomic E-state index is 14.2. The molecule has 0 unspecified atom stereocenters. The summed E-state index contributed by atoms with van der Waals surface area (Å²) in [5.41, 5.74) is 2.31. The Morgan fingerprint density at radius 3 is 2.68 bits per heavy atom. The maximum absolute atomic E-state index is 14.2. The zero-order valence-corrected chi connectivity index (χ0v) is 23.1. The van der Waals surface area contributed by atoms with Crippen molar-refractivity contribution in [1.82, 2.24) is 29.9 Å². The number of piperazine rings is 1. The number of carbonyl (C=O) groups excluding carboxylic acids is 1. The standard InChI is InChI=1S/C27H37N7O4/c1-7-18-23(32-14-13-29-27(26(3,4)5)11-9-19(27)32)24(36)22-25(33(18)16-21(35)38-8-2)31-34(30-22)17-10-12-28-20(15-17)37-6/h10,12,15,19,29H,7-9,11,13-14,16H2,1-6H3/t19-,27+/m0/s1. The highest BCUT2D eigenvalue weighted by atomic mass is 16.5. The van der Waals surface area contributed by atoms with Gasteiger partial charge in [0.05, 0.1) is 19.4 Å². The van der Waals surface area contributed by atoms with E-state index >= 15 is 0 Å². The van der Waals surface area contributed by atoms with E-state index in [1.165, 1.54) is 11.9 Å². The van der Waals surface area contributed by atoms with Gasteiger partial charge in [-0.1, -0.05) is 27.7 Å². The molecule has 0 amide bonds. The third-order valence-electron chi connectivity index (χ3n) is 8.14. The highest BCUT2D eigenvalue weighted by molar-refractivity contribution is 5.80. The summed E-state index contributed by atoms with van der Waals surface area (Å²) >= 11 is 0. The quantitative estimate of drug-likeness (QED) is 0.466. The molecule has 1 saturated carbocycles. The fraction of sp³-hybridized carbons (Fsp3) is 0.593. The van der Waals surface area contributed by atoms with E-state index in [1.54, 1.807) is 25.3 Å². The number of rotatable bonds is 7. The number of pyridine rings is 2. The fourth-order valence-corrected chi connectivity index (χ4v) is 6.19. The van der Waals surface area contributed by atoms with E-state index in [4.69, 9.17) is 9.47 Å². The summed E-state index contributed by atoms with van der Waals surface area (Å²) in [6.07, 6.45) is 4.19. The summed E-state index contributed by atoms with van der Waals surface area (Å²) in [5.74, 6) is 0.0242. The first-order valence-corrected chi connectivity index (χ1v) is 13.4. The number of nitrogens with zero attached hydrogens (tertiary/aromatic N) is 6. The van der Waals surface area contributed by atoms with Crippen molar-refractivity contribution < 1.29 is 14.3 Å². The zero-order valence-electron chi connectivity index (χ0n) is 23.1. The normalized spacial score (nSPS) is 21.2. The molecule has 204 valence electrons. The molecule has 1 aliphatic heterocycles. The number of ether oxygens (including phenoxy) is 2. The second-order valence-electron chi connectivity index (χ2n) is 11.0. The van der Waals surface area contributed by atoms with Crippen LogP contribution < -0.4 is 20.4 Å². The Labute approximate surface area is 222 Å². The van der Waals surface area contributed by atoms with E-state index in [9.17, 15) is 9.59 Å². The average Bonchev–Trinajstić information content (AvgIpc) is 3.31. The summed E-state index contributed by atoms with van der Waals surface area (Å²) in [7, 11) is 1.54. The van der Waals surface area contributed by atoms with Crippen molar-refractivity contribution >= 4 is 22.8 Å². The van der Waals surface area contributed by atoms with Crippen LogP contribution in [0.2, 0.25) is 0 Å². The molecule has 2 atom stereocenters. The molecule has 38 heavy (non-hydrogen) atoms. The molecule has 5 rings (SSSR count). The molecule has 1 aliphatic carbocycles. The number of esters is 1. The van der Waals surface area contributed by atoms with Gasteiger partial charge in [0.25, 0.3) is 0 Å². The van der Waals surface area contributed by atoms with Crippen LogP contribution >= 0.6 is 0 Å². The Morgan fingerprint density at radius 2 is 2.05 bits per heavy atom. The van der Waals surface area contributed by atoms with Crippen LogP contribution in [0.4, 0.5) is 5.69 Å². The number of anilines is 1. The van der Waals surface area contributed by atoms with Crippen LogP contribution in [-0.4, -0.2) is 68.9 Å². The van der Waals surface area contributed by atoms with Gasteiger partial charge in [0.15, 0.2) is 11.2 Å². The molecule has 4 heterocycles. The minimum Gasteiger partial charge on any atom is -0.481 e. The van der Waals surface area contributed by atoms with Gasteiger partial charge in [0, 0.05) is 42.6 Å². The van der Waals surface area contributed by atoms with Gasteiger partial charge in [0.2, 0.25) is 11.3 Å². The molecule has 11 heteroatoms. The van der Waals surface area contributed by atoms with Gasteiger partial charge < -0.3 is 24.3 Å². The summed E-state index contributed by atoms with van der Waals surface area (Å²) < 4.78 is 12.4. The lowest BCUT2D eigenvalue weighted by Gasteiger charge is -2.64. The molecule has 11 nitrogen and oxygen atoms in total. The summed E-state index contributed by atoms with van der Waals surface area (Å²) in [4.78, 5) is 34.8. The number of hydrogen-bond acceptors (Lipinski definition) is 9. The molecule has 1 saturated heterocycles. The molecule has 0 spiro atoms. The number of aromatic nitrogens is 5. The van der Waals surface area contributed by atoms with Crippen LogP contribution in [0.5, 0.6) is 5.88 Å². The van der Waals surface area contributed by atoms with Crippen molar-refractivity contribution in [1.29, 1.82) is 0 Å². The van der Waals surface area contributed by atoms with E-state index in [2.05, 4.69) is 46.2 Å². The van der Waals surface area contributed by atoms with Crippen LogP contribution in [0.1, 0.15) is 53.2 Å². The Hall–Kier alpha value is -3.47. The first kappa shape index (κ1) is 26.1. The van der Waals surface area contributed by atoms with Crippen LogP contribution in [0.3, 0.4) is 0 Å². The lowest BCUT2D eigenvalue weighted by Crippen LogP contribution is -2.77. The molecule has 2 fully saturated rings. The summed E-state index contributed by atoms with van der Waals surface area (Å²) in [6.45, 7) is 12.2. The first-order chi connectivity index (χ1) is 18.1. The molecule has 2 aliphatic rings. The number of carbonyl (C=O) groups is 1. The van der Waals surface area contributed by atoms with Gasteiger partial charge in [-0.25, -0.2) is 4.98 Å². The van der Waals surface area contributed by atoms with E-state index in [-0.39, 0.29) is 47.1 Å². The van der Waals surface area contributed by atoms with Crippen molar-refractivity contribution in [3.05, 3.63) is 34.2 Å². The van der Waals surface area contributed by atoms with Gasteiger partial charge in [-0.3, -0.25) is 9.59 Å². The largest absolute Gasteiger partial charge is 0.481 e. The van der Waals surface area contributed by atoms with Crippen molar-refractivity contribution in [3.63, 3.8) is 0 Å². The van der Waals surface area contributed by atoms with Crippen molar-refractivity contribution in [3.8, 4) is 11.6 Å². The molecule has 0 aromatic carbocycles. The third kappa shape index (κ3) is 4.03. The van der Waals surface area contributed by atoms with Crippen LogP contribution in [0.15, 0.2) is 23.1 Å². The Bertz CT molecular complexity index is 1420. The van der Waals surface area contributed by atoms with Crippen LogP contribution in [0, 0.1) is 5.41 Å². The number of nitrogens with one attached hydrogen (secondary N) is 1. The van der Waals surface area contributed by atoms with Gasteiger partial charge in [-0.05, 0) is 37.7 Å². The fourth-order valence-electron chi connectivity index (χ4n) is 6.19. The summed E-state index contributed by atoms with van der Waals surface area (Å²) in [6, 6.07) is 3.61. The summed E-state index contributed by atoms with van der Waals surface area (Å²) in [5, 5.41) is 13.1. The van der Waals surface area contributed by atoms with E-state index < -0.39 is 0 Å². The highest BCUT2D eigenvalue weighted by Crippen LogP contribution is 2.50. The van der Waals surface area contributed by atoms with E-state index in [1.807, 2.05) is 11.5 Å². The maximum Gasteiger partial charge on any atom is 0.326 e. The molecule has 1 N–H and O–H groups in total. The second kappa shape index (κ2) is 9.68. The monoisotopic (exact) mass is 523 g/mol. The van der Waals surface area contributed by atoms with Gasteiger partial charge in [-0.2, -0.15) is 0 Å². The molecular formula is C27H37N7O4. The molecular weight excluding hydrogens is 486 g/mol. The minimum absolute atomic E-state index is 0.0125. The molecule has 0 radical (unpaired) electrons. The molecule has 3 aromatic rings. The van der Waals surface area contributed by atoms with Crippen molar-refractivity contribution in [2.75, 3.05) is 31.7 Å². The predicted octanol–water partition coefficient (Wildman–Crippen LogP) is 2.47. The zero-order chi connectivity index (χ0) is 27.2. The van der Waals surface area contributed by atoms with Gasteiger partial charge in [0.1, 0.15) is 12.2 Å². The molecule has 0 bridgehead atoms. The average molecular weight is 524 g/mol. The smallest absolute Gasteiger partial charge is 0.326 e. The Kier molecular flexibility index (Phi) is 6.66. The third-order valence-corrected chi connectivity index (χ3v) is 8.14.